The van der Waals surface area contributed by atoms with E-state index in [0.717, 1.165) is 6.42 Å². The lowest BCUT2D eigenvalue weighted by Gasteiger charge is -2.22. The highest BCUT2D eigenvalue weighted by Crippen LogP contribution is 2.29. The molecule has 0 aliphatic carbocycles. The zero-order valence-electron chi connectivity index (χ0n) is 17.9. The Morgan fingerprint density at radius 1 is 1.09 bits per heavy atom. The van der Waals surface area contributed by atoms with Crippen molar-refractivity contribution in [1.29, 1.82) is 0 Å². The molecule has 1 aliphatic rings. The summed E-state index contributed by atoms with van der Waals surface area (Å²) in [4.78, 5) is 39.7. The van der Waals surface area contributed by atoms with Crippen LogP contribution in [0.1, 0.15) is 23.2 Å². The number of amides is 1. The molecule has 5 heterocycles. The Bertz CT molecular complexity index is 1340. The maximum absolute atomic E-state index is 12.9. The van der Waals surface area contributed by atoms with Crippen molar-refractivity contribution < 1.29 is 14.3 Å². The second-order valence-corrected chi connectivity index (χ2v) is 7.70. The number of ether oxygens (including phenoxy) is 1. The van der Waals surface area contributed by atoms with E-state index >= 15 is 0 Å². The van der Waals surface area contributed by atoms with E-state index in [4.69, 9.17) is 10.5 Å². The highest BCUT2D eigenvalue weighted by atomic mass is 16.5. The van der Waals surface area contributed by atoms with Crippen LogP contribution in [0.3, 0.4) is 0 Å². The van der Waals surface area contributed by atoms with E-state index in [-0.39, 0.29) is 5.91 Å². The third kappa shape index (κ3) is 3.65. The summed E-state index contributed by atoms with van der Waals surface area (Å²) < 4.78 is 6.42. The normalized spacial score (nSPS) is 15.7. The Morgan fingerprint density at radius 2 is 1.97 bits per heavy atom. The Labute approximate surface area is 189 Å². The third-order valence-corrected chi connectivity index (χ3v) is 5.71. The quantitative estimate of drug-likeness (QED) is 0.476. The van der Waals surface area contributed by atoms with Crippen LogP contribution < -0.4 is 5.73 Å². The van der Waals surface area contributed by atoms with Crippen LogP contribution >= 0.6 is 0 Å². The number of carbonyl (C=O) groups is 2. The fraction of sp³-hybridized carbons (Fsp3) is 0.217. The maximum atomic E-state index is 12.9. The SMILES string of the molecule is COC(=O)C1CCCN1C(=O)c1ccc(-c2cnc3c(-c4ccccn4)c(N)nn3c2)nc1. The van der Waals surface area contributed by atoms with Gasteiger partial charge in [-0.3, -0.25) is 14.8 Å². The molecule has 0 spiro atoms. The van der Waals surface area contributed by atoms with Gasteiger partial charge in [0, 0.05) is 36.9 Å². The van der Waals surface area contributed by atoms with Crippen molar-refractivity contribution in [3.05, 3.63) is 60.7 Å². The minimum Gasteiger partial charge on any atom is -0.467 e. The van der Waals surface area contributed by atoms with Crippen LogP contribution in [0.5, 0.6) is 0 Å². The number of anilines is 1. The molecule has 1 fully saturated rings. The molecule has 166 valence electrons. The van der Waals surface area contributed by atoms with E-state index in [1.165, 1.54) is 13.3 Å². The van der Waals surface area contributed by atoms with Crippen molar-refractivity contribution in [2.45, 2.75) is 18.9 Å². The van der Waals surface area contributed by atoms with Crippen LogP contribution in [0.2, 0.25) is 0 Å². The van der Waals surface area contributed by atoms with Crippen molar-refractivity contribution >= 4 is 23.3 Å². The molecular formula is C23H21N7O3. The smallest absolute Gasteiger partial charge is 0.328 e. The zero-order chi connectivity index (χ0) is 22.9. The van der Waals surface area contributed by atoms with Crippen molar-refractivity contribution in [3.8, 4) is 22.5 Å². The molecule has 1 saturated heterocycles. The molecule has 0 saturated carbocycles. The molecule has 0 aromatic carbocycles. The lowest BCUT2D eigenvalue weighted by atomic mass is 10.1. The van der Waals surface area contributed by atoms with E-state index in [2.05, 4.69) is 20.1 Å². The van der Waals surface area contributed by atoms with Gasteiger partial charge in [-0.15, -0.1) is 5.10 Å². The van der Waals surface area contributed by atoms with Crippen LogP contribution in [0.25, 0.3) is 28.2 Å². The number of carbonyl (C=O) groups excluding carboxylic acids is 2. The number of nitrogen functional groups attached to an aromatic ring is 1. The van der Waals surface area contributed by atoms with Crippen LogP contribution in [0.15, 0.2) is 55.1 Å². The van der Waals surface area contributed by atoms with Gasteiger partial charge in [0.1, 0.15) is 6.04 Å². The van der Waals surface area contributed by atoms with Crippen LogP contribution in [0, 0.1) is 0 Å². The van der Waals surface area contributed by atoms with Gasteiger partial charge < -0.3 is 15.4 Å². The van der Waals surface area contributed by atoms with Gasteiger partial charge in [-0.25, -0.2) is 14.3 Å². The van der Waals surface area contributed by atoms with E-state index in [0.29, 0.717) is 52.5 Å². The van der Waals surface area contributed by atoms with Gasteiger partial charge in [0.2, 0.25) is 0 Å². The molecule has 0 bridgehead atoms. The molecule has 10 heteroatoms. The summed E-state index contributed by atoms with van der Waals surface area (Å²) in [5, 5.41) is 4.37. The Morgan fingerprint density at radius 3 is 2.70 bits per heavy atom. The summed E-state index contributed by atoms with van der Waals surface area (Å²) in [7, 11) is 1.33. The second-order valence-electron chi connectivity index (χ2n) is 7.70. The minimum absolute atomic E-state index is 0.240. The number of hydrogen-bond acceptors (Lipinski definition) is 8. The van der Waals surface area contributed by atoms with Gasteiger partial charge in [-0.2, -0.15) is 0 Å². The van der Waals surface area contributed by atoms with E-state index < -0.39 is 12.0 Å². The van der Waals surface area contributed by atoms with Crippen LogP contribution in [-0.4, -0.2) is 61.0 Å². The zero-order valence-corrected chi connectivity index (χ0v) is 17.9. The van der Waals surface area contributed by atoms with Gasteiger partial charge in [0.05, 0.1) is 29.6 Å². The number of fused-ring (bicyclic) bond motifs is 1. The highest BCUT2D eigenvalue weighted by Gasteiger charge is 2.35. The average molecular weight is 443 g/mol. The standard InChI is InChI=1S/C23H21N7O3/c1-33-23(32)18-6-4-10-29(18)22(31)14-7-8-16(26-11-14)15-12-27-21-19(17-5-2-3-9-25-17)20(24)28-30(21)13-15/h2-3,5,7-9,11-13,18H,4,6,10H2,1H3,(H2,24,28). The summed E-state index contributed by atoms with van der Waals surface area (Å²) in [6, 6.07) is 8.45. The summed E-state index contributed by atoms with van der Waals surface area (Å²) in [6.45, 7) is 0.514. The van der Waals surface area contributed by atoms with Gasteiger partial charge >= 0.3 is 5.97 Å². The number of nitrogens with two attached hydrogens (primary N) is 1. The second kappa shape index (κ2) is 8.30. The number of methoxy groups -OCH3 is 1. The molecular weight excluding hydrogens is 422 g/mol. The maximum Gasteiger partial charge on any atom is 0.328 e. The molecule has 4 aromatic heterocycles. The first-order chi connectivity index (χ1) is 16.1. The van der Waals surface area contributed by atoms with Crippen molar-refractivity contribution in [1.82, 2.24) is 29.5 Å². The van der Waals surface area contributed by atoms with Crippen molar-refractivity contribution in [3.63, 3.8) is 0 Å². The Kier molecular flexibility index (Phi) is 5.17. The van der Waals surface area contributed by atoms with Gasteiger partial charge in [-0.1, -0.05) is 6.07 Å². The fourth-order valence-corrected chi connectivity index (χ4v) is 4.09. The molecule has 10 nitrogen and oxygen atoms in total. The van der Waals surface area contributed by atoms with Gasteiger partial charge in [0.25, 0.3) is 5.91 Å². The molecule has 1 aliphatic heterocycles. The van der Waals surface area contributed by atoms with Crippen molar-refractivity contribution in [2.75, 3.05) is 19.4 Å². The van der Waals surface area contributed by atoms with E-state index in [1.54, 1.807) is 40.1 Å². The van der Waals surface area contributed by atoms with Gasteiger partial charge in [0.15, 0.2) is 11.5 Å². The van der Waals surface area contributed by atoms with Crippen LogP contribution in [0.4, 0.5) is 5.82 Å². The number of rotatable bonds is 4. The highest BCUT2D eigenvalue weighted by molar-refractivity contribution is 5.97. The molecule has 1 amide bonds. The third-order valence-electron chi connectivity index (χ3n) is 5.71. The summed E-state index contributed by atoms with van der Waals surface area (Å²) in [5.41, 5.74) is 9.82. The first kappa shape index (κ1) is 20.6. The van der Waals surface area contributed by atoms with E-state index in [9.17, 15) is 9.59 Å². The topological polar surface area (TPSA) is 129 Å². The van der Waals surface area contributed by atoms with Crippen LogP contribution in [-0.2, 0) is 9.53 Å². The monoisotopic (exact) mass is 443 g/mol. The van der Waals surface area contributed by atoms with Crippen molar-refractivity contribution in [2.24, 2.45) is 0 Å². The van der Waals surface area contributed by atoms with E-state index in [1.807, 2.05) is 18.2 Å². The summed E-state index contributed by atoms with van der Waals surface area (Å²) >= 11 is 0. The number of aromatic nitrogens is 5. The molecule has 0 radical (unpaired) electrons. The fourth-order valence-electron chi connectivity index (χ4n) is 4.09. The number of esters is 1. The molecule has 4 aromatic rings. The number of hydrogen-bond donors (Lipinski definition) is 1. The largest absolute Gasteiger partial charge is 0.467 e. The number of nitrogens with zero attached hydrogens (tertiary/aromatic N) is 6. The lowest BCUT2D eigenvalue weighted by molar-refractivity contribution is -0.145. The Hall–Kier alpha value is -4.34. The molecule has 33 heavy (non-hydrogen) atoms. The van der Waals surface area contributed by atoms with Gasteiger partial charge in [-0.05, 0) is 37.1 Å². The minimum atomic E-state index is -0.549. The first-order valence-corrected chi connectivity index (χ1v) is 10.5. The Balaban J connectivity index is 1.42. The molecule has 5 rings (SSSR count). The predicted octanol–water partition coefficient (Wildman–Crippen LogP) is 2.21. The number of pyridine rings is 2. The summed E-state index contributed by atoms with van der Waals surface area (Å²) in [6.07, 6.45) is 8.02. The molecule has 1 unspecified atom stereocenters. The summed E-state index contributed by atoms with van der Waals surface area (Å²) in [5.74, 6) is -0.304. The predicted molar refractivity (Wildman–Crippen MR) is 120 cm³/mol. The molecule has 2 N–H and O–H groups in total. The first-order valence-electron chi connectivity index (χ1n) is 10.5. The lowest BCUT2D eigenvalue weighted by Crippen LogP contribution is -2.41. The average Bonchev–Trinajstić information content (AvgIpc) is 3.47. The molecule has 1 atom stereocenters. The number of likely N-dealkylation sites (tertiary alicyclic amines) is 1.